The van der Waals surface area contributed by atoms with E-state index < -0.39 is 5.97 Å². The molecule has 0 bridgehead atoms. The number of aromatic nitrogens is 1. The van der Waals surface area contributed by atoms with Crippen LogP contribution >= 0.6 is 11.6 Å². The SMILES string of the molecule is O=C(O)C=Cc1ccc(CCl)nc1. The first kappa shape index (κ1) is 9.74. The number of alkyl halides is 1. The molecule has 0 aliphatic carbocycles. The summed E-state index contributed by atoms with van der Waals surface area (Å²) < 4.78 is 0. The summed E-state index contributed by atoms with van der Waals surface area (Å²) in [4.78, 5) is 14.2. The Hall–Kier alpha value is -1.35. The lowest BCUT2D eigenvalue weighted by Gasteiger charge is -1.94. The van der Waals surface area contributed by atoms with Gasteiger partial charge in [-0.2, -0.15) is 0 Å². The van der Waals surface area contributed by atoms with Crippen LogP contribution in [0.3, 0.4) is 0 Å². The molecule has 1 rings (SSSR count). The first-order valence-electron chi connectivity index (χ1n) is 3.64. The van der Waals surface area contributed by atoms with Crippen molar-refractivity contribution < 1.29 is 9.90 Å². The molecular weight excluding hydrogens is 190 g/mol. The third-order valence-electron chi connectivity index (χ3n) is 1.40. The van der Waals surface area contributed by atoms with Gasteiger partial charge in [0.2, 0.25) is 0 Å². The molecule has 1 N–H and O–H groups in total. The smallest absolute Gasteiger partial charge is 0.328 e. The van der Waals surface area contributed by atoms with Gasteiger partial charge >= 0.3 is 5.97 Å². The van der Waals surface area contributed by atoms with Gasteiger partial charge in [0, 0.05) is 12.3 Å². The van der Waals surface area contributed by atoms with Crippen molar-refractivity contribution in [1.29, 1.82) is 0 Å². The molecule has 0 aliphatic heterocycles. The number of hydrogen-bond donors (Lipinski definition) is 1. The molecule has 0 atom stereocenters. The maximum atomic E-state index is 10.2. The van der Waals surface area contributed by atoms with E-state index in [4.69, 9.17) is 16.7 Å². The number of aliphatic carboxylic acids is 1. The Morgan fingerprint density at radius 2 is 2.38 bits per heavy atom. The summed E-state index contributed by atoms with van der Waals surface area (Å²) in [5.41, 5.74) is 1.52. The second kappa shape index (κ2) is 4.62. The molecule has 0 saturated carbocycles. The van der Waals surface area contributed by atoms with E-state index in [9.17, 15) is 4.79 Å². The topological polar surface area (TPSA) is 50.2 Å². The first-order valence-corrected chi connectivity index (χ1v) is 4.17. The summed E-state index contributed by atoms with van der Waals surface area (Å²) in [6.07, 6.45) is 4.13. The summed E-state index contributed by atoms with van der Waals surface area (Å²) in [6, 6.07) is 3.53. The molecule has 1 aromatic rings. The number of nitrogens with zero attached hydrogens (tertiary/aromatic N) is 1. The van der Waals surface area contributed by atoms with Crippen LogP contribution in [0.2, 0.25) is 0 Å². The van der Waals surface area contributed by atoms with E-state index in [2.05, 4.69) is 4.98 Å². The van der Waals surface area contributed by atoms with Crippen LogP contribution in [0.5, 0.6) is 0 Å². The van der Waals surface area contributed by atoms with E-state index in [1.54, 1.807) is 18.3 Å². The third-order valence-corrected chi connectivity index (χ3v) is 1.68. The average molecular weight is 198 g/mol. The lowest BCUT2D eigenvalue weighted by Crippen LogP contribution is -1.87. The lowest BCUT2D eigenvalue weighted by molar-refractivity contribution is -0.131. The van der Waals surface area contributed by atoms with Crippen LogP contribution in [-0.2, 0) is 10.7 Å². The Balaban J connectivity index is 2.75. The molecule has 0 spiro atoms. The average Bonchev–Trinajstić information content (AvgIpc) is 2.15. The molecule has 0 saturated heterocycles. The zero-order chi connectivity index (χ0) is 9.68. The van der Waals surface area contributed by atoms with E-state index in [-0.39, 0.29) is 0 Å². The quantitative estimate of drug-likeness (QED) is 0.595. The first-order chi connectivity index (χ1) is 6.22. The van der Waals surface area contributed by atoms with Crippen molar-refractivity contribution in [2.24, 2.45) is 0 Å². The molecule has 0 amide bonds. The number of carbonyl (C=O) groups is 1. The maximum absolute atomic E-state index is 10.2. The Kier molecular flexibility index (Phi) is 3.46. The Morgan fingerprint density at radius 1 is 1.62 bits per heavy atom. The molecule has 13 heavy (non-hydrogen) atoms. The second-order valence-electron chi connectivity index (χ2n) is 2.39. The van der Waals surface area contributed by atoms with Gasteiger partial charge in [-0.3, -0.25) is 4.98 Å². The third kappa shape index (κ3) is 3.25. The monoisotopic (exact) mass is 197 g/mol. The number of hydrogen-bond acceptors (Lipinski definition) is 2. The minimum atomic E-state index is -0.971. The molecule has 0 radical (unpaired) electrons. The van der Waals surface area contributed by atoms with E-state index in [1.807, 2.05) is 0 Å². The van der Waals surface area contributed by atoms with Crippen LogP contribution in [0.25, 0.3) is 6.08 Å². The Labute approximate surface area is 80.7 Å². The predicted molar refractivity (Wildman–Crippen MR) is 50.5 cm³/mol. The van der Waals surface area contributed by atoms with Gasteiger partial charge in [-0.1, -0.05) is 6.07 Å². The Morgan fingerprint density at radius 3 is 2.85 bits per heavy atom. The molecule has 0 unspecified atom stereocenters. The predicted octanol–water partition coefficient (Wildman–Crippen LogP) is 1.92. The van der Waals surface area contributed by atoms with Crippen LogP contribution in [0.15, 0.2) is 24.4 Å². The normalized spacial score (nSPS) is 10.5. The fourth-order valence-electron chi connectivity index (χ4n) is 0.781. The van der Waals surface area contributed by atoms with Crippen molar-refractivity contribution in [3.8, 4) is 0 Å². The second-order valence-corrected chi connectivity index (χ2v) is 2.66. The van der Waals surface area contributed by atoms with E-state index >= 15 is 0 Å². The zero-order valence-electron chi connectivity index (χ0n) is 6.77. The van der Waals surface area contributed by atoms with Crippen LogP contribution < -0.4 is 0 Å². The van der Waals surface area contributed by atoms with Gasteiger partial charge in [-0.05, 0) is 17.7 Å². The minimum Gasteiger partial charge on any atom is -0.478 e. The van der Waals surface area contributed by atoms with Crippen molar-refractivity contribution in [3.05, 3.63) is 35.7 Å². The van der Waals surface area contributed by atoms with E-state index in [0.29, 0.717) is 5.88 Å². The molecule has 1 heterocycles. The zero-order valence-corrected chi connectivity index (χ0v) is 7.53. The van der Waals surface area contributed by atoms with Gasteiger partial charge in [-0.15, -0.1) is 11.6 Å². The van der Waals surface area contributed by atoms with E-state index in [1.165, 1.54) is 6.08 Å². The molecule has 0 aromatic carbocycles. The lowest BCUT2D eigenvalue weighted by atomic mass is 10.2. The molecule has 68 valence electrons. The van der Waals surface area contributed by atoms with Gasteiger partial charge in [0.15, 0.2) is 0 Å². The molecule has 0 fully saturated rings. The highest BCUT2D eigenvalue weighted by molar-refractivity contribution is 6.16. The fraction of sp³-hybridized carbons (Fsp3) is 0.111. The largest absolute Gasteiger partial charge is 0.478 e. The molecule has 0 aliphatic rings. The van der Waals surface area contributed by atoms with Gasteiger partial charge in [-0.25, -0.2) is 4.79 Å². The minimum absolute atomic E-state index is 0.364. The summed E-state index contributed by atoms with van der Waals surface area (Å²) >= 11 is 5.53. The van der Waals surface area contributed by atoms with Crippen molar-refractivity contribution in [3.63, 3.8) is 0 Å². The summed E-state index contributed by atoms with van der Waals surface area (Å²) in [7, 11) is 0. The maximum Gasteiger partial charge on any atom is 0.328 e. The van der Waals surface area contributed by atoms with Crippen molar-refractivity contribution in [2.45, 2.75) is 5.88 Å². The standard InChI is InChI=1S/C9H8ClNO2/c10-5-8-3-1-7(6-11-8)2-4-9(12)13/h1-4,6H,5H2,(H,12,13). The van der Waals surface area contributed by atoms with Gasteiger partial charge in [0.25, 0.3) is 0 Å². The molecule has 1 aromatic heterocycles. The fourth-order valence-corrected chi connectivity index (χ4v) is 0.939. The summed E-state index contributed by atoms with van der Waals surface area (Å²) in [5, 5.41) is 8.35. The highest BCUT2D eigenvalue weighted by Gasteiger charge is 1.92. The van der Waals surface area contributed by atoms with Crippen molar-refractivity contribution in [2.75, 3.05) is 0 Å². The van der Waals surface area contributed by atoms with Crippen LogP contribution in [0, 0.1) is 0 Å². The van der Waals surface area contributed by atoms with Crippen LogP contribution in [-0.4, -0.2) is 16.1 Å². The van der Waals surface area contributed by atoms with Gasteiger partial charge in [0.05, 0.1) is 11.6 Å². The number of halogens is 1. The van der Waals surface area contributed by atoms with Crippen LogP contribution in [0.1, 0.15) is 11.3 Å². The van der Waals surface area contributed by atoms with Crippen molar-refractivity contribution in [1.82, 2.24) is 4.98 Å². The number of carboxylic acids is 1. The molecular formula is C9H8ClNO2. The summed E-state index contributed by atoms with van der Waals surface area (Å²) in [5.74, 6) is -0.607. The van der Waals surface area contributed by atoms with E-state index in [0.717, 1.165) is 17.3 Å². The van der Waals surface area contributed by atoms with Crippen molar-refractivity contribution >= 4 is 23.6 Å². The summed E-state index contributed by atoms with van der Waals surface area (Å²) in [6.45, 7) is 0. The highest BCUT2D eigenvalue weighted by Crippen LogP contribution is 2.04. The van der Waals surface area contributed by atoms with Gasteiger partial charge in [0.1, 0.15) is 0 Å². The van der Waals surface area contributed by atoms with Crippen LogP contribution in [0.4, 0.5) is 0 Å². The number of rotatable bonds is 3. The highest BCUT2D eigenvalue weighted by atomic mass is 35.5. The Bertz CT molecular complexity index is 319. The number of pyridine rings is 1. The number of carboxylic acid groups (broad SMARTS) is 1. The molecule has 3 nitrogen and oxygen atoms in total. The van der Waals surface area contributed by atoms with Gasteiger partial charge < -0.3 is 5.11 Å². The molecule has 4 heteroatoms.